The van der Waals surface area contributed by atoms with E-state index in [1.165, 1.54) is 4.90 Å². The SMILES string of the molecule is CN(C([O-])=Nc1ccccc1)c1ccccc1C#Cc1ccccc1. The van der Waals surface area contributed by atoms with E-state index in [9.17, 15) is 5.11 Å². The van der Waals surface area contributed by atoms with Crippen molar-refractivity contribution in [1.82, 2.24) is 0 Å². The Labute approximate surface area is 147 Å². The Morgan fingerprint density at radius 2 is 1.40 bits per heavy atom. The molecule has 122 valence electrons. The molecule has 3 aromatic rings. The van der Waals surface area contributed by atoms with Gasteiger partial charge >= 0.3 is 0 Å². The summed E-state index contributed by atoms with van der Waals surface area (Å²) in [4.78, 5) is 5.65. The predicted octanol–water partition coefficient (Wildman–Crippen LogP) is 3.57. The van der Waals surface area contributed by atoms with Crippen LogP contribution < -0.4 is 10.0 Å². The van der Waals surface area contributed by atoms with E-state index in [-0.39, 0.29) is 6.02 Å². The van der Waals surface area contributed by atoms with Crippen molar-refractivity contribution >= 4 is 17.4 Å². The first kappa shape index (κ1) is 16.4. The van der Waals surface area contributed by atoms with Crippen LogP contribution in [0, 0.1) is 11.8 Å². The highest BCUT2D eigenvalue weighted by Crippen LogP contribution is 2.19. The van der Waals surface area contributed by atoms with Gasteiger partial charge in [-0.05, 0) is 36.4 Å². The van der Waals surface area contributed by atoms with Crippen molar-refractivity contribution in [1.29, 1.82) is 0 Å². The molecule has 0 atom stereocenters. The zero-order valence-corrected chi connectivity index (χ0v) is 13.9. The van der Waals surface area contributed by atoms with Gasteiger partial charge in [-0.15, -0.1) is 0 Å². The summed E-state index contributed by atoms with van der Waals surface area (Å²) >= 11 is 0. The lowest BCUT2D eigenvalue weighted by atomic mass is 10.1. The van der Waals surface area contributed by atoms with Crippen molar-refractivity contribution in [3.05, 3.63) is 96.1 Å². The summed E-state index contributed by atoms with van der Waals surface area (Å²) in [7, 11) is 1.71. The first-order valence-electron chi connectivity index (χ1n) is 7.94. The molecule has 3 nitrogen and oxygen atoms in total. The van der Waals surface area contributed by atoms with E-state index in [1.807, 2.05) is 72.8 Å². The van der Waals surface area contributed by atoms with Gasteiger partial charge in [0.05, 0.1) is 17.4 Å². The van der Waals surface area contributed by atoms with E-state index in [2.05, 4.69) is 16.8 Å². The van der Waals surface area contributed by atoms with Crippen LogP contribution in [0.2, 0.25) is 0 Å². The maximum absolute atomic E-state index is 12.5. The highest BCUT2D eigenvalue weighted by molar-refractivity contribution is 5.91. The Kier molecular flexibility index (Phi) is 5.13. The van der Waals surface area contributed by atoms with E-state index in [1.54, 1.807) is 19.2 Å². The largest absolute Gasteiger partial charge is 0.846 e. The Balaban J connectivity index is 1.90. The molecule has 0 spiro atoms. The molecule has 0 heterocycles. The second kappa shape index (κ2) is 7.85. The molecule has 0 aliphatic rings. The van der Waals surface area contributed by atoms with Crippen LogP contribution in [0.3, 0.4) is 0 Å². The molecule has 0 radical (unpaired) electrons. The fourth-order valence-electron chi connectivity index (χ4n) is 2.32. The molecule has 25 heavy (non-hydrogen) atoms. The molecule has 0 fully saturated rings. The van der Waals surface area contributed by atoms with Gasteiger partial charge in [0, 0.05) is 18.2 Å². The number of rotatable bonds is 2. The maximum Gasteiger partial charge on any atom is 0.0640 e. The van der Waals surface area contributed by atoms with Crippen LogP contribution in [0.4, 0.5) is 11.4 Å². The number of nitrogens with zero attached hydrogens (tertiary/aromatic N) is 2. The minimum atomic E-state index is -0.333. The van der Waals surface area contributed by atoms with Gasteiger partial charge in [-0.3, -0.25) is 0 Å². The average molecular weight is 325 g/mol. The van der Waals surface area contributed by atoms with Gasteiger partial charge in [-0.1, -0.05) is 60.4 Å². The number of aliphatic imine (C=N–C) groups is 1. The fraction of sp³-hybridized carbons (Fsp3) is 0.0455. The number of hydrogen-bond acceptors (Lipinski definition) is 2. The Hall–Kier alpha value is -3.51. The highest BCUT2D eigenvalue weighted by Gasteiger charge is 2.05. The lowest BCUT2D eigenvalue weighted by Gasteiger charge is -2.26. The Morgan fingerprint density at radius 1 is 0.800 bits per heavy atom. The number of amidine groups is 1. The normalized spacial score (nSPS) is 10.7. The number of benzene rings is 3. The Bertz CT molecular complexity index is 922. The van der Waals surface area contributed by atoms with Crippen LogP contribution in [0.5, 0.6) is 0 Å². The van der Waals surface area contributed by atoms with Gasteiger partial charge in [0.25, 0.3) is 0 Å². The quantitative estimate of drug-likeness (QED) is 0.410. The molecule has 3 rings (SSSR count). The van der Waals surface area contributed by atoms with Gasteiger partial charge in [0.15, 0.2) is 0 Å². The van der Waals surface area contributed by atoms with Crippen LogP contribution in [0.25, 0.3) is 0 Å². The summed E-state index contributed by atoms with van der Waals surface area (Å²) in [5.41, 5.74) is 3.08. The Morgan fingerprint density at radius 3 is 2.12 bits per heavy atom. The molecule has 3 aromatic carbocycles. The van der Waals surface area contributed by atoms with Crippen molar-refractivity contribution in [2.75, 3.05) is 11.9 Å². The number of para-hydroxylation sites is 2. The molecule has 0 saturated heterocycles. The minimum absolute atomic E-state index is 0.333. The first-order valence-corrected chi connectivity index (χ1v) is 7.94. The standard InChI is InChI=1S/C22H18N2O/c1-24(22(25)23-20-13-6-3-7-14-20)21-15-9-8-12-19(21)17-16-18-10-4-2-5-11-18/h2-15H,1H3,(H,23,25)/p-1. The predicted molar refractivity (Wildman–Crippen MR) is 101 cm³/mol. The van der Waals surface area contributed by atoms with Gasteiger partial charge in [-0.2, -0.15) is 0 Å². The van der Waals surface area contributed by atoms with Crippen LogP contribution >= 0.6 is 0 Å². The van der Waals surface area contributed by atoms with E-state index in [0.717, 1.165) is 16.8 Å². The monoisotopic (exact) mass is 325 g/mol. The van der Waals surface area contributed by atoms with E-state index < -0.39 is 0 Å². The van der Waals surface area contributed by atoms with E-state index >= 15 is 0 Å². The smallest absolute Gasteiger partial charge is 0.0640 e. The van der Waals surface area contributed by atoms with Crippen LogP contribution in [0.1, 0.15) is 11.1 Å². The molecular formula is C22H17N2O-. The minimum Gasteiger partial charge on any atom is -0.846 e. The lowest BCUT2D eigenvalue weighted by molar-refractivity contribution is -0.217. The number of hydrogen-bond donors (Lipinski definition) is 0. The molecule has 0 saturated carbocycles. The van der Waals surface area contributed by atoms with Gasteiger partial charge in [0.2, 0.25) is 0 Å². The summed E-state index contributed by atoms with van der Waals surface area (Å²) in [5, 5.41) is 12.5. The van der Waals surface area contributed by atoms with Gasteiger partial charge in [-0.25, -0.2) is 4.99 Å². The van der Waals surface area contributed by atoms with Crippen LogP contribution in [-0.2, 0) is 0 Å². The second-order valence-electron chi connectivity index (χ2n) is 5.42. The average Bonchev–Trinajstić information content (AvgIpc) is 2.67. The summed E-state index contributed by atoms with van der Waals surface area (Å²) in [6, 6.07) is 26.2. The van der Waals surface area contributed by atoms with Gasteiger partial charge in [0.1, 0.15) is 0 Å². The highest BCUT2D eigenvalue weighted by atomic mass is 16.3. The molecule has 0 N–H and O–H groups in total. The summed E-state index contributed by atoms with van der Waals surface area (Å²) in [5.74, 6) is 6.27. The molecule has 0 unspecified atom stereocenters. The topological polar surface area (TPSA) is 38.7 Å². The van der Waals surface area contributed by atoms with Crippen LogP contribution in [0.15, 0.2) is 89.9 Å². The maximum atomic E-state index is 12.5. The zero-order chi connectivity index (χ0) is 17.5. The summed E-state index contributed by atoms with van der Waals surface area (Å²) < 4.78 is 0. The van der Waals surface area contributed by atoms with Crippen LogP contribution in [-0.4, -0.2) is 13.1 Å². The first-order chi connectivity index (χ1) is 12.2. The molecule has 0 aliphatic heterocycles. The van der Waals surface area contributed by atoms with Crippen molar-refractivity contribution in [2.24, 2.45) is 4.99 Å². The summed E-state index contributed by atoms with van der Waals surface area (Å²) in [6.07, 6.45) is 0. The molecule has 3 heteroatoms. The van der Waals surface area contributed by atoms with E-state index in [4.69, 9.17) is 0 Å². The van der Waals surface area contributed by atoms with Gasteiger partial charge < -0.3 is 10.0 Å². The second-order valence-corrected chi connectivity index (χ2v) is 5.42. The molecule has 0 aliphatic carbocycles. The number of anilines is 1. The molecule has 0 aromatic heterocycles. The van der Waals surface area contributed by atoms with Crippen molar-refractivity contribution in [3.8, 4) is 11.8 Å². The molecular weight excluding hydrogens is 308 g/mol. The third kappa shape index (κ3) is 4.27. The zero-order valence-electron chi connectivity index (χ0n) is 13.9. The lowest BCUT2D eigenvalue weighted by Crippen LogP contribution is -2.37. The fourth-order valence-corrected chi connectivity index (χ4v) is 2.32. The van der Waals surface area contributed by atoms with Crippen molar-refractivity contribution in [2.45, 2.75) is 0 Å². The van der Waals surface area contributed by atoms with Crippen molar-refractivity contribution < 1.29 is 5.11 Å². The molecule has 0 bridgehead atoms. The third-order valence-corrected chi connectivity index (χ3v) is 3.65. The summed E-state index contributed by atoms with van der Waals surface area (Å²) in [6.45, 7) is 0. The van der Waals surface area contributed by atoms with E-state index in [0.29, 0.717) is 5.69 Å². The third-order valence-electron chi connectivity index (χ3n) is 3.65. The molecule has 0 amide bonds. The van der Waals surface area contributed by atoms with Crippen molar-refractivity contribution in [3.63, 3.8) is 0 Å².